The molecule has 1 heterocycles. The molecule has 0 aliphatic rings. The van der Waals surface area contributed by atoms with Gasteiger partial charge in [-0.25, -0.2) is 0 Å². The number of hydrogen-bond donors (Lipinski definition) is 1. The molecule has 0 radical (unpaired) electrons. The quantitative estimate of drug-likeness (QED) is 0.471. The Balaban J connectivity index is 1.69. The molecule has 2 atom stereocenters. The van der Waals surface area contributed by atoms with Crippen molar-refractivity contribution in [1.82, 2.24) is 15.5 Å². The average Bonchev–Trinajstić information content (AvgIpc) is 3.18. The molecule has 0 fully saturated rings. The number of ether oxygens (including phenoxy) is 1. The predicted molar refractivity (Wildman–Crippen MR) is 114 cm³/mol. The molecular formula is C24H25N3O2. The minimum absolute atomic E-state index is 0.121. The molecule has 0 saturated heterocycles. The fourth-order valence-electron chi connectivity index (χ4n) is 3.71. The van der Waals surface area contributed by atoms with E-state index in [1.165, 1.54) is 16.3 Å². The molecule has 5 heteroatoms. The molecule has 4 rings (SSSR count). The summed E-state index contributed by atoms with van der Waals surface area (Å²) < 4.78 is 11.6. The SMILES string of the molecule is CNCC(c1ccc2ccccc2c1)C(OCc1nc(C)no1)c1ccccc1. The van der Waals surface area contributed by atoms with Gasteiger partial charge in [0.25, 0.3) is 5.89 Å². The van der Waals surface area contributed by atoms with Crippen molar-refractivity contribution >= 4 is 10.8 Å². The van der Waals surface area contributed by atoms with Crippen LogP contribution in [0.2, 0.25) is 0 Å². The molecule has 5 nitrogen and oxygen atoms in total. The number of nitrogens with one attached hydrogen (secondary N) is 1. The van der Waals surface area contributed by atoms with Gasteiger partial charge in [-0.2, -0.15) is 4.98 Å². The smallest absolute Gasteiger partial charge is 0.252 e. The van der Waals surface area contributed by atoms with Gasteiger partial charge in [0.05, 0.1) is 6.10 Å². The van der Waals surface area contributed by atoms with E-state index >= 15 is 0 Å². The Labute approximate surface area is 170 Å². The molecule has 1 N–H and O–H groups in total. The van der Waals surface area contributed by atoms with Crippen LogP contribution in [-0.2, 0) is 11.3 Å². The molecule has 0 saturated carbocycles. The Morgan fingerprint density at radius 2 is 1.69 bits per heavy atom. The zero-order valence-corrected chi connectivity index (χ0v) is 16.7. The molecule has 148 valence electrons. The highest BCUT2D eigenvalue weighted by molar-refractivity contribution is 5.83. The number of benzene rings is 3. The predicted octanol–water partition coefficient (Wildman–Crippen LogP) is 4.79. The normalized spacial score (nSPS) is 13.4. The van der Waals surface area contributed by atoms with Gasteiger partial charge in [-0.15, -0.1) is 0 Å². The molecular weight excluding hydrogens is 362 g/mol. The summed E-state index contributed by atoms with van der Waals surface area (Å²) in [7, 11) is 1.97. The van der Waals surface area contributed by atoms with Crippen LogP contribution in [0.3, 0.4) is 0 Å². The maximum atomic E-state index is 6.37. The van der Waals surface area contributed by atoms with Gasteiger partial charge >= 0.3 is 0 Å². The minimum Gasteiger partial charge on any atom is -0.363 e. The van der Waals surface area contributed by atoms with Crippen LogP contribution in [0.4, 0.5) is 0 Å². The van der Waals surface area contributed by atoms with E-state index in [0.29, 0.717) is 11.7 Å². The average molecular weight is 387 g/mol. The van der Waals surface area contributed by atoms with Gasteiger partial charge in [-0.05, 0) is 35.9 Å². The first kappa shape index (κ1) is 19.3. The number of hydrogen-bond acceptors (Lipinski definition) is 5. The summed E-state index contributed by atoms with van der Waals surface area (Å²) >= 11 is 0. The van der Waals surface area contributed by atoms with Crippen LogP contribution in [0.5, 0.6) is 0 Å². The number of likely N-dealkylation sites (N-methyl/N-ethyl adjacent to an activating group) is 1. The maximum Gasteiger partial charge on any atom is 0.252 e. The Bertz CT molecular complexity index is 1060. The van der Waals surface area contributed by atoms with Gasteiger partial charge in [-0.3, -0.25) is 0 Å². The number of fused-ring (bicyclic) bond motifs is 1. The number of rotatable bonds is 8. The largest absolute Gasteiger partial charge is 0.363 e. The first-order valence-electron chi connectivity index (χ1n) is 9.83. The van der Waals surface area contributed by atoms with Crippen LogP contribution in [0.15, 0.2) is 77.3 Å². The summed E-state index contributed by atoms with van der Waals surface area (Å²) in [6, 6.07) is 25.4. The third-order valence-electron chi connectivity index (χ3n) is 5.08. The van der Waals surface area contributed by atoms with Crippen molar-refractivity contribution in [2.45, 2.75) is 25.6 Å². The second-order valence-electron chi connectivity index (χ2n) is 7.15. The molecule has 0 bridgehead atoms. The number of aromatic nitrogens is 2. The Morgan fingerprint density at radius 1 is 0.931 bits per heavy atom. The standard InChI is InChI=1S/C24H25N3O2/c1-17-26-23(29-27-17)16-28-24(19-9-4-3-5-10-19)22(15-25-2)21-13-12-18-8-6-7-11-20(18)14-21/h3-14,22,24-25H,15-16H2,1-2H3. The number of aryl methyl sites for hydroxylation is 1. The van der Waals surface area contributed by atoms with Gasteiger partial charge in [0, 0.05) is 12.5 Å². The monoisotopic (exact) mass is 387 g/mol. The summed E-state index contributed by atoms with van der Waals surface area (Å²) in [6.07, 6.45) is -0.156. The van der Waals surface area contributed by atoms with E-state index in [1.54, 1.807) is 6.92 Å². The summed E-state index contributed by atoms with van der Waals surface area (Å²) in [4.78, 5) is 4.28. The Kier molecular flexibility index (Phi) is 5.98. The van der Waals surface area contributed by atoms with Crippen LogP contribution in [0.1, 0.15) is 34.9 Å². The van der Waals surface area contributed by atoms with Crippen molar-refractivity contribution in [3.05, 3.63) is 95.6 Å². The summed E-state index contributed by atoms with van der Waals surface area (Å²) in [5, 5.41) is 9.66. The highest BCUT2D eigenvalue weighted by Gasteiger charge is 2.26. The molecule has 2 unspecified atom stereocenters. The molecule has 0 aliphatic carbocycles. The highest BCUT2D eigenvalue weighted by Crippen LogP contribution is 2.35. The summed E-state index contributed by atoms with van der Waals surface area (Å²) in [5.41, 5.74) is 2.35. The van der Waals surface area contributed by atoms with Crippen LogP contribution >= 0.6 is 0 Å². The van der Waals surface area contributed by atoms with Crippen molar-refractivity contribution in [3.8, 4) is 0 Å². The first-order chi connectivity index (χ1) is 14.2. The molecule has 0 amide bonds. The molecule has 1 aromatic heterocycles. The first-order valence-corrected chi connectivity index (χ1v) is 9.83. The van der Waals surface area contributed by atoms with Crippen molar-refractivity contribution in [1.29, 1.82) is 0 Å². The molecule has 29 heavy (non-hydrogen) atoms. The van der Waals surface area contributed by atoms with Gasteiger partial charge in [-0.1, -0.05) is 78.0 Å². The Morgan fingerprint density at radius 3 is 2.41 bits per heavy atom. The van der Waals surface area contributed by atoms with Crippen LogP contribution < -0.4 is 5.32 Å². The second-order valence-corrected chi connectivity index (χ2v) is 7.15. The van der Waals surface area contributed by atoms with Crippen LogP contribution in [-0.4, -0.2) is 23.7 Å². The fraction of sp³-hybridized carbons (Fsp3) is 0.250. The minimum atomic E-state index is -0.156. The lowest BCUT2D eigenvalue weighted by Crippen LogP contribution is -2.25. The van der Waals surface area contributed by atoms with E-state index in [0.717, 1.165) is 12.1 Å². The van der Waals surface area contributed by atoms with Crippen molar-refractivity contribution in [3.63, 3.8) is 0 Å². The fourth-order valence-corrected chi connectivity index (χ4v) is 3.71. The molecule has 0 spiro atoms. The molecule has 0 aliphatic heterocycles. The van der Waals surface area contributed by atoms with E-state index in [2.05, 4.69) is 70.1 Å². The van der Waals surface area contributed by atoms with E-state index in [4.69, 9.17) is 9.26 Å². The van der Waals surface area contributed by atoms with Gasteiger partial charge in [0.2, 0.25) is 0 Å². The van der Waals surface area contributed by atoms with E-state index < -0.39 is 0 Å². The van der Waals surface area contributed by atoms with E-state index in [1.807, 2.05) is 25.2 Å². The summed E-state index contributed by atoms with van der Waals surface area (Å²) in [6.45, 7) is 2.86. The van der Waals surface area contributed by atoms with Gasteiger partial charge < -0.3 is 14.6 Å². The lowest BCUT2D eigenvalue weighted by molar-refractivity contribution is 0.00768. The molecule has 3 aromatic carbocycles. The third-order valence-corrected chi connectivity index (χ3v) is 5.08. The van der Waals surface area contributed by atoms with Gasteiger partial charge in [0.15, 0.2) is 5.82 Å². The zero-order valence-electron chi connectivity index (χ0n) is 16.7. The second kappa shape index (κ2) is 8.99. The zero-order chi connectivity index (χ0) is 20.1. The van der Waals surface area contributed by atoms with Crippen LogP contribution in [0, 0.1) is 6.92 Å². The van der Waals surface area contributed by atoms with E-state index in [-0.39, 0.29) is 18.6 Å². The van der Waals surface area contributed by atoms with Gasteiger partial charge in [0.1, 0.15) is 6.61 Å². The highest BCUT2D eigenvalue weighted by atomic mass is 16.5. The third kappa shape index (κ3) is 4.53. The van der Waals surface area contributed by atoms with Crippen molar-refractivity contribution in [2.75, 3.05) is 13.6 Å². The van der Waals surface area contributed by atoms with E-state index in [9.17, 15) is 0 Å². The topological polar surface area (TPSA) is 60.2 Å². The number of nitrogens with zero attached hydrogens (tertiary/aromatic N) is 2. The summed E-state index contributed by atoms with van der Waals surface area (Å²) in [5.74, 6) is 1.22. The van der Waals surface area contributed by atoms with Crippen LogP contribution in [0.25, 0.3) is 10.8 Å². The lowest BCUT2D eigenvalue weighted by atomic mass is 9.87. The Hall–Kier alpha value is -3.02. The maximum absolute atomic E-state index is 6.37. The van der Waals surface area contributed by atoms with Crippen molar-refractivity contribution in [2.24, 2.45) is 0 Å². The molecule has 4 aromatic rings. The van der Waals surface area contributed by atoms with Crippen molar-refractivity contribution < 1.29 is 9.26 Å². The lowest BCUT2D eigenvalue weighted by Gasteiger charge is -2.28.